The normalized spacial score (nSPS) is 11.5. The number of rotatable bonds is 6. The number of aryl methyl sites for hydroxylation is 2. The van der Waals surface area contributed by atoms with E-state index in [4.69, 9.17) is 9.47 Å². The fourth-order valence-corrected chi connectivity index (χ4v) is 2.58. The lowest BCUT2D eigenvalue weighted by atomic mass is 10.1. The number of methoxy groups -OCH3 is 1. The largest absolute Gasteiger partial charge is 0.481 e. The molecule has 2 rings (SSSR count). The number of carbonyl (C=O) groups is 2. The van der Waals surface area contributed by atoms with Gasteiger partial charge in [-0.2, -0.15) is 0 Å². The highest BCUT2D eigenvalue weighted by Gasteiger charge is 2.21. The number of carbonyl (C=O) groups excluding carboxylic acids is 2. The monoisotopic (exact) mass is 341 g/mol. The van der Waals surface area contributed by atoms with Crippen LogP contribution in [0.15, 0.2) is 42.5 Å². The van der Waals surface area contributed by atoms with E-state index in [1.807, 2.05) is 39.0 Å². The van der Waals surface area contributed by atoms with Crippen LogP contribution in [-0.4, -0.2) is 25.1 Å². The van der Waals surface area contributed by atoms with Crippen molar-refractivity contribution in [3.63, 3.8) is 0 Å². The zero-order valence-electron chi connectivity index (χ0n) is 15.0. The van der Waals surface area contributed by atoms with Crippen molar-refractivity contribution >= 4 is 17.6 Å². The predicted molar refractivity (Wildman–Crippen MR) is 97.0 cm³/mol. The number of nitrogens with one attached hydrogen (secondary N) is 1. The second-order valence-electron chi connectivity index (χ2n) is 5.86. The maximum Gasteiger partial charge on any atom is 0.339 e. The van der Waals surface area contributed by atoms with Crippen LogP contribution in [0.1, 0.15) is 34.8 Å². The molecule has 5 heteroatoms. The third-order valence-corrected chi connectivity index (χ3v) is 3.73. The lowest BCUT2D eigenvalue weighted by Crippen LogP contribution is -2.33. The standard InChI is InChI=1S/C20H23NO4/c1-5-18(25-15-11-13(2)10-14(3)12-15)19(22)21-17-9-7-6-8-16(17)20(23)24-4/h6-12,18H,5H2,1-4H3,(H,21,22)/t18-/m1/s1. The summed E-state index contributed by atoms with van der Waals surface area (Å²) in [5.74, 6) is -0.155. The minimum absolute atomic E-state index is 0.305. The Morgan fingerprint density at radius 1 is 1.08 bits per heavy atom. The molecule has 1 amide bonds. The summed E-state index contributed by atoms with van der Waals surface area (Å²) in [6, 6.07) is 12.6. The molecule has 0 saturated carbocycles. The molecule has 1 atom stereocenters. The van der Waals surface area contributed by atoms with Crippen LogP contribution in [0.5, 0.6) is 5.75 Å². The van der Waals surface area contributed by atoms with Gasteiger partial charge in [0.15, 0.2) is 6.10 Å². The molecule has 0 unspecified atom stereocenters. The van der Waals surface area contributed by atoms with Crippen LogP contribution in [0.3, 0.4) is 0 Å². The first kappa shape index (κ1) is 18.5. The number of hydrogen-bond acceptors (Lipinski definition) is 4. The summed E-state index contributed by atoms with van der Waals surface area (Å²) in [7, 11) is 1.30. The Kier molecular flexibility index (Phi) is 6.17. The molecule has 2 aromatic rings. The molecule has 1 N–H and O–H groups in total. The molecule has 0 saturated heterocycles. The molecule has 25 heavy (non-hydrogen) atoms. The molecule has 0 radical (unpaired) electrons. The second kappa shape index (κ2) is 8.33. The third kappa shape index (κ3) is 4.83. The molecule has 2 aromatic carbocycles. The molecular weight excluding hydrogens is 318 g/mol. The first-order valence-electron chi connectivity index (χ1n) is 8.17. The van der Waals surface area contributed by atoms with Crippen LogP contribution in [0.25, 0.3) is 0 Å². The third-order valence-electron chi connectivity index (χ3n) is 3.73. The van der Waals surface area contributed by atoms with Crippen molar-refractivity contribution in [2.24, 2.45) is 0 Å². The number of benzene rings is 2. The van der Waals surface area contributed by atoms with Crippen molar-refractivity contribution in [3.05, 3.63) is 59.2 Å². The van der Waals surface area contributed by atoms with Crippen molar-refractivity contribution < 1.29 is 19.1 Å². The summed E-state index contributed by atoms with van der Waals surface area (Å²) in [6.07, 6.45) is -0.161. The van der Waals surface area contributed by atoms with E-state index in [9.17, 15) is 9.59 Å². The van der Waals surface area contributed by atoms with Gasteiger partial charge in [-0.1, -0.05) is 25.1 Å². The highest BCUT2D eigenvalue weighted by Crippen LogP contribution is 2.20. The van der Waals surface area contributed by atoms with E-state index in [0.29, 0.717) is 23.4 Å². The fraction of sp³-hybridized carbons (Fsp3) is 0.300. The summed E-state index contributed by atoms with van der Waals surface area (Å²) < 4.78 is 10.6. The van der Waals surface area contributed by atoms with Gasteiger partial charge in [-0.3, -0.25) is 4.79 Å². The highest BCUT2D eigenvalue weighted by molar-refractivity contribution is 6.02. The van der Waals surface area contributed by atoms with E-state index in [-0.39, 0.29) is 5.91 Å². The van der Waals surface area contributed by atoms with Gasteiger partial charge in [0.2, 0.25) is 0 Å². The zero-order valence-corrected chi connectivity index (χ0v) is 15.0. The van der Waals surface area contributed by atoms with Gasteiger partial charge in [0.1, 0.15) is 5.75 Å². The summed E-state index contributed by atoms with van der Waals surface area (Å²) in [5.41, 5.74) is 2.85. The van der Waals surface area contributed by atoms with Crippen molar-refractivity contribution in [2.75, 3.05) is 12.4 Å². The van der Waals surface area contributed by atoms with Gasteiger partial charge < -0.3 is 14.8 Å². The second-order valence-corrected chi connectivity index (χ2v) is 5.86. The quantitative estimate of drug-likeness (QED) is 0.810. The molecule has 0 aliphatic carbocycles. The van der Waals surface area contributed by atoms with Crippen LogP contribution in [0, 0.1) is 13.8 Å². The van der Waals surface area contributed by atoms with Gasteiger partial charge in [-0.05, 0) is 55.7 Å². The van der Waals surface area contributed by atoms with E-state index in [0.717, 1.165) is 11.1 Å². The van der Waals surface area contributed by atoms with Gasteiger partial charge in [0.05, 0.1) is 18.4 Å². The predicted octanol–water partition coefficient (Wildman–Crippen LogP) is 3.89. The SMILES string of the molecule is CC[C@@H](Oc1cc(C)cc(C)c1)C(=O)Nc1ccccc1C(=O)OC. The van der Waals surface area contributed by atoms with Gasteiger partial charge in [-0.15, -0.1) is 0 Å². The molecule has 0 aliphatic rings. The van der Waals surface area contributed by atoms with Gasteiger partial charge >= 0.3 is 5.97 Å². The molecule has 0 fully saturated rings. The first-order valence-corrected chi connectivity index (χ1v) is 8.17. The zero-order chi connectivity index (χ0) is 18.4. The molecule has 0 aliphatic heterocycles. The number of amides is 1. The molecule has 5 nitrogen and oxygen atoms in total. The number of esters is 1. The van der Waals surface area contributed by atoms with Crippen LogP contribution >= 0.6 is 0 Å². The van der Waals surface area contributed by atoms with E-state index in [1.54, 1.807) is 24.3 Å². The van der Waals surface area contributed by atoms with Gasteiger partial charge in [-0.25, -0.2) is 4.79 Å². The molecular formula is C20H23NO4. The lowest BCUT2D eigenvalue weighted by Gasteiger charge is -2.19. The van der Waals surface area contributed by atoms with E-state index >= 15 is 0 Å². The van der Waals surface area contributed by atoms with Crippen molar-refractivity contribution in [2.45, 2.75) is 33.3 Å². The maximum atomic E-state index is 12.6. The Hall–Kier alpha value is -2.82. The average Bonchev–Trinajstić information content (AvgIpc) is 2.58. The Morgan fingerprint density at radius 2 is 1.72 bits per heavy atom. The van der Waals surface area contributed by atoms with E-state index < -0.39 is 12.1 Å². The topological polar surface area (TPSA) is 64.6 Å². The molecule has 0 spiro atoms. The van der Waals surface area contributed by atoms with Gasteiger partial charge in [0, 0.05) is 0 Å². The Labute approximate surface area is 148 Å². The van der Waals surface area contributed by atoms with Crippen molar-refractivity contribution in [3.8, 4) is 5.75 Å². The Morgan fingerprint density at radius 3 is 2.32 bits per heavy atom. The lowest BCUT2D eigenvalue weighted by molar-refractivity contribution is -0.122. The Balaban J connectivity index is 2.17. The minimum Gasteiger partial charge on any atom is -0.481 e. The minimum atomic E-state index is -0.660. The van der Waals surface area contributed by atoms with Crippen LogP contribution in [-0.2, 0) is 9.53 Å². The van der Waals surface area contributed by atoms with E-state index in [2.05, 4.69) is 5.32 Å². The average molecular weight is 341 g/mol. The first-order chi connectivity index (χ1) is 11.9. The molecule has 0 heterocycles. The summed E-state index contributed by atoms with van der Waals surface area (Å²) in [5, 5.41) is 2.76. The number of para-hydroxylation sites is 1. The summed E-state index contributed by atoms with van der Waals surface area (Å²) in [4.78, 5) is 24.4. The summed E-state index contributed by atoms with van der Waals surface area (Å²) in [6.45, 7) is 5.83. The Bertz CT molecular complexity index is 750. The van der Waals surface area contributed by atoms with Crippen molar-refractivity contribution in [1.82, 2.24) is 0 Å². The van der Waals surface area contributed by atoms with Crippen LogP contribution in [0.4, 0.5) is 5.69 Å². The van der Waals surface area contributed by atoms with Crippen molar-refractivity contribution in [1.29, 1.82) is 0 Å². The highest BCUT2D eigenvalue weighted by atomic mass is 16.5. The molecule has 0 aromatic heterocycles. The summed E-state index contributed by atoms with van der Waals surface area (Å²) >= 11 is 0. The number of ether oxygens (including phenoxy) is 2. The number of hydrogen-bond donors (Lipinski definition) is 1. The van der Waals surface area contributed by atoms with E-state index in [1.165, 1.54) is 7.11 Å². The van der Waals surface area contributed by atoms with Crippen LogP contribution < -0.4 is 10.1 Å². The molecule has 132 valence electrons. The maximum absolute atomic E-state index is 12.6. The number of anilines is 1. The smallest absolute Gasteiger partial charge is 0.339 e. The fourth-order valence-electron chi connectivity index (χ4n) is 2.58. The van der Waals surface area contributed by atoms with Gasteiger partial charge in [0.25, 0.3) is 5.91 Å². The van der Waals surface area contributed by atoms with Crippen LogP contribution in [0.2, 0.25) is 0 Å². The molecule has 0 bridgehead atoms.